The molecule has 3 rings (SSSR count). The number of benzene rings is 1. The Balaban J connectivity index is 1.57. The maximum Gasteiger partial charge on any atom is 0.308 e. The fraction of sp³-hybridized carbons (Fsp3) is 0.474. The van der Waals surface area contributed by atoms with Gasteiger partial charge in [-0.2, -0.15) is 4.98 Å². The van der Waals surface area contributed by atoms with Crippen molar-refractivity contribution in [3.8, 4) is 17.1 Å². The summed E-state index contributed by atoms with van der Waals surface area (Å²) in [5.41, 5.74) is 0.797. The molecule has 1 aromatic heterocycles. The molecule has 1 aliphatic heterocycles. The highest BCUT2D eigenvalue weighted by molar-refractivity contribution is 5.78. The molecule has 0 saturated carbocycles. The van der Waals surface area contributed by atoms with Crippen LogP contribution in [-0.2, 0) is 16.0 Å². The smallest absolute Gasteiger partial charge is 0.308 e. The average Bonchev–Trinajstić information content (AvgIpc) is 3.14. The number of likely N-dealkylation sites (tertiary alicyclic amines) is 1. The summed E-state index contributed by atoms with van der Waals surface area (Å²) in [7, 11) is 1.60. The fourth-order valence-corrected chi connectivity index (χ4v) is 3.32. The molecule has 8 heteroatoms. The van der Waals surface area contributed by atoms with E-state index < -0.39 is 11.9 Å². The Kier molecular flexibility index (Phi) is 5.73. The predicted molar refractivity (Wildman–Crippen MR) is 96.1 cm³/mol. The second-order valence-electron chi connectivity index (χ2n) is 6.91. The Morgan fingerprint density at radius 2 is 2.04 bits per heavy atom. The van der Waals surface area contributed by atoms with Crippen molar-refractivity contribution >= 4 is 11.9 Å². The van der Waals surface area contributed by atoms with E-state index in [2.05, 4.69) is 10.1 Å². The van der Waals surface area contributed by atoms with Gasteiger partial charge < -0.3 is 19.3 Å². The molecular formula is C19H23N3O5. The third-order valence-corrected chi connectivity index (χ3v) is 4.73. The van der Waals surface area contributed by atoms with E-state index in [-0.39, 0.29) is 24.8 Å². The van der Waals surface area contributed by atoms with E-state index in [0.717, 1.165) is 11.3 Å². The Morgan fingerprint density at radius 3 is 2.70 bits per heavy atom. The van der Waals surface area contributed by atoms with E-state index in [1.165, 1.54) is 0 Å². The molecule has 2 atom stereocenters. The first-order chi connectivity index (χ1) is 13.0. The molecule has 8 nitrogen and oxygen atoms in total. The zero-order valence-electron chi connectivity index (χ0n) is 15.4. The number of carboxylic acids is 1. The molecular weight excluding hydrogens is 350 g/mol. The quantitative estimate of drug-likeness (QED) is 0.828. The summed E-state index contributed by atoms with van der Waals surface area (Å²) >= 11 is 0. The molecule has 0 spiro atoms. The third-order valence-electron chi connectivity index (χ3n) is 4.73. The van der Waals surface area contributed by atoms with Crippen molar-refractivity contribution in [3.05, 3.63) is 30.2 Å². The van der Waals surface area contributed by atoms with Gasteiger partial charge in [0.05, 0.1) is 13.0 Å². The molecule has 2 unspecified atom stereocenters. The van der Waals surface area contributed by atoms with Crippen LogP contribution < -0.4 is 4.74 Å². The molecule has 27 heavy (non-hydrogen) atoms. The van der Waals surface area contributed by atoms with Crippen molar-refractivity contribution in [1.82, 2.24) is 15.0 Å². The lowest BCUT2D eigenvalue weighted by molar-refractivity contribution is -0.146. The first kappa shape index (κ1) is 18.9. The Hall–Kier alpha value is -2.90. The monoisotopic (exact) mass is 373 g/mol. The fourth-order valence-electron chi connectivity index (χ4n) is 3.32. The first-order valence-electron chi connectivity index (χ1n) is 8.94. The third kappa shape index (κ3) is 4.64. The van der Waals surface area contributed by atoms with Gasteiger partial charge in [-0.3, -0.25) is 9.59 Å². The number of rotatable bonds is 6. The van der Waals surface area contributed by atoms with Gasteiger partial charge in [-0.25, -0.2) is 0 Å². The first-order valence-corrected chi connectivity index (χ1v) is 8.94. The number of aliphatic carboxylic acids is 1. The number of carboxylic acid groups (broad SMARTS) is 1. The normalized spacial score (nSPS) is 19.7. The van der Waals surface area contributed by atoms with Crippen molar-refractivity contribution in [2.24, 2.45) is 11.8 Å². The summed E-state index contributed by atoms with van der Waals surface area (Å²) in [4.78, 5) is 29.7. The van der Waals surface area contributed by atoms with Gasteiger partial charge in [0, 0.05) is 31.5 Å². The summed E-state index contributed by atoms with van der Waals surface area (Å²) in [5.74, 6) is 0.323. The van der Waals surface area contributed by atoms with Gasteiger partial charge >= 0.3 is 5.97 Å². The molecule has 1 saturated heterocycles. The van der Waals surface area contributed by atoms with E-state index in [1.54, 1.807) is 12.0 Å². The van der Waals surface area contributed by atoms with Gasteiger partial charge in [-0.1, -0.05) is 12.1 Å². The van der Waals surface area contributed by atoms with Crippen LogP contribution in [0.3, 0.4) is 0 Å². The van der Waals surface area contributed by atoms with Gasteiger partial charge in [-0.05, 0) is 36.6 Å². The summed E-state index contributed by atoms with van der Waals surface area (Å²) in [6.45, 7) is 2.82. The van der Waals surface area contributed by atoms with Crippen LogP contribution in [0.1, 0.15) is 25.7 Å². The predicted octanol–water partition coefficient (Wildman–Crippen LogP) is 2.25. The van der Waals surface area contributed by atoms with E-state index in [9.17, 15) is 14.7 Å². The zero-order chi connectivity index (χ0) is 19.4. The molecule has 1 aliphatic rings. The summed E-state index contributed by atoms with van der Waals surface area (Å²) in [5, 5.41) is 13.2. The van der Waals surface area contributed by atoms with Crippen LogP contribution in [-0.4, -0.2) is 52.2 Å². The molecule has 0 radical (unpaired) electrons. The van der Waals surface area contributed by atoms with Crippen LogP contribution in [0.4, 0.5) is 0 Å². The molecule has 144 valence electrons. The summed E-state index contributed by atoms with van der Waals surface area (Å²) in [6, 6.07) is 7.29. The minimum Gasteiger partial charge on any atom is -0.497 e. The molecule has 1 fully saturated rings. The number of carbonyl (C=O) groups excluding carboxylic acids is 1. The van der Waals surface area contributed by atoms with Crippen LogP contribution >= 0.6 is 0 Å². The molecule has 1 aromatic carbocycles. The van der Waals surface area contributed by atoms with E-state index in [0.29, 0.717) is 31.1 Å². The second-order valence-corrected chi connectivity index (χ2v) is 6.91. The van der Waals surface area contributed by atoms with Crippen molar-refractivity contribution in [2.45, 2.75) is 26.2 Å². The Bertz CT molecular complexity index is 802. The molecule has 2 aromatic rings. The van der Waals surface area contributed by atoms with Crippen LogP contribution in [0.15, 0.2) is 28.8 Å². The largest absolute Gasteiger partial charge is 0.497 e. The van der Waals surface area contributed by atoms with Gasteiger partial charge in [0.25, 0.3) is 0 Å². The number of ether oxygens (including phenoxy) is 1. The van der Waals surface area contributed by atoms with Crippen LogP contribution in [0, 0.1) is 11.8 Å². The lowest BCUT2D eigenvalue weighted by Gasteiger charge is -2.34. The SMILES string of the molecule is COc1ccc(-c2noc(CCC(=O)N3CC(C)CC(C(=O)O)C3)n2)cc1. The summed E-state index contributed by atoms with van der Waals surface area (Å²) in [6.07, 6.45) is 1.14. The van der Waals surface area contributed by atoms with Crippen molar-refractivity contribution < 1.29 is 24.0 Å². The number of nitrogens with zero attached hydrogens (tertiary/aromatic N) is 3. The second kappa shape index (κ2) is 8.20. The van der Waals surface area contributed by atoms with E-state index in [4.69, 9.17) is 9.26 Å². The van der Waals surface area contributed by atoms with Crippen LogP contribution in [0.2, 0.25) is 0 Å². The number of aromatic nitrogens is 2. The number of carbonyl (C=O) groups is 2. The number of piperidine rings is 1. The standard InChI is InChI=1S/C19H23N3O5/c1-12-9-14(19(24)25)11-22(10-12)17(23)8-7-16-20-18(21-27-16)13-3-5-15(26-2)6-4-13/h3-6,12,14H,7-11H2,1-2H3,(H,24,25). The highest BCUT2D eigenvalue weighted by atomic mass is 16.5. The number of hydrogen-bond acceptors (Lipinski definition) is 6. The lowest BCUT2D eigenvalue weighted by Crippen LogP contribution is -2.45. The molecule has 1 N–H and O–H groups in total. The van der Waals surface area contributed by atoms with Crippen molar-refractivity contribution in [2.75, 3.05) is 20.2 Å². The van der Waals surface area contributed by atoms with Crippen LogP contribution in [0.5, 0.6) is 5.75 Å². The average molecular weight is 373 g/mol. The van der Waals surface area contributed by atoms with Crippen molar-refractivity contribution in [3.63, 3.8) is 0 Å². The van der Waals surface area contributed by atoms with Crippen LogP contribution in [0.25, 0.3) is 11.4 Å². The summed E-state index contributed by atoms with van der Waals surface area (Å²) < 4.78 is 10.4. The van der Waals surface area contributed by atoms with Gasteiger partial charge in [0.2, 0.25) is 17.6 Å². The highest BCUT2D eigenvalue weighted by Crippen LogP contribution is 2.23. The number of hydrogen-bond donors (Lipinski definition) is 1. The van der Waals surface area contributed by atoms with E-state index >= 15 is 0 Å². The Morgan fingerprint density at radius 1 is 1.30 bits per heavy atom. The Labute approximate surface area is 157 Å². The number of amides is 1. The van der Waals surface area contributed by atoms with Crippen molar-refractivity contribution in [1.29, 1.82) is 0 Å². The van der Waals surface area contributed by atoms with E-state index in [1.807, 2.05) is 31.2 Å². The molecule has 2 heterocycles. The molecule has 0 bridgehead atoms. The minimum atomic E-state index is -0.847. The van der Waals surface area contributed by atoms with Gasteiger partial charge in [0.1, 0.15) is 5.75 Å². The topological polar surface area (TPSA) is 106 Å². The number of aryl methyl sites for hydroxylation is 1. The van der Waals surface area contributed by atoms with Gasteiger partial charge in [0.15, 0.2) is 0 Å². The number of methoxy groups -OCH3 is 1. The van der Waals surface area contributed by atoms with Gasteiger partial charge in [-0.15, -0.1) is 0 Å². The lowest BCUT2D eigenvalue weighted by atomic mass is 9.90. The highest BCUT2D eigenvalue weighted by Gasteiger charge is 2.31. The maximum atomic E-state index is 12.5. The maximum absolute atomic E-state index is 12.5. The molecule has 0 aliphatic carbocycles. The minimum absolute atomic E-state index is 0.0861. The molecule has 1 amide bonds. The zero-order valence-corrected chi connectivity index (χ0v) is 15.4.